The Balaban J connectivity index is 1.02. The van der Waals surface area contributed by atoms with Crippen LogP contribution in [0.3, 0.4) is 0 Å². The predicted molar refractivity (Wildman–Crippen MR) is 444 cm³/mol. The molecular formula is C85H97Cl3N12O23. The van der Waals surface area contributed by atoms with Gasteiger partial charge >= 0.3 is 0 Å². The number of aliphatic hydroxyl groups is 6. The molecule has 123 heavy (non-hydrogen) atoms. The second-order valence-electron chi connectivity index (χ2n) is 31.4. The molecule has 5 unspecified atom stereocenters. The van der Waals surface area contributed by atoms with Crippen LogP contribution < -0.4 is 73.5 Å². The molecule has 2 fully saturated rings. The van der Waals surface area contributed by atoms with Crippen molar-refractivity contribution in [3.63, 3.8) is 0 Å². The van der Waals surface area contributed by atoms with Crippen molar-refractivity contribution >= 4 is 88.0 Å². The first-order valence-electron chi connectivity index (χ1n) is 39.8. The van der Waals surface area contributed by atoms with Crippen molar-refractivity contribution in [2.45, 2.75) is 189 Å². The molecule has 38 heteroatoms. The van der Waals surface area contributed by atoms with Crippen molar-refractivity contribution in [3.8, 4) is 68.2 Å². The van der Waals surface area contributed by atoms with E-state index in [-0.39, 0.29) is 82.1 Å². The average molecular weight is 1760 g/mol. The minimum atomic E-state index is -2.35. The molecule has 11 bridgehead atoms. The van der Waals surface area contributed by atoms with Gasteiger partial charge in [0.15, 0.2) is 29.9 Å². The summed E-state index contributed by atoms with van der Waals surface area (Å²) in [6.45, 7) is 6.58. The number of nitrogens with one attached hydrogen (secondary N) is 10. The van der Waals surface area contributed by atoms with E-state index in [1.54, 1.807) is 26.0 Å². The zero-order valence-electron chi connectivity index (χ0n) is 67.0. The number of halogens is 3. The fourth-order valence-electron chi connectivity index (χ4n) is 15.1. The predicted octanol–water partition coefficient (Wildman–Crippen LogP) is 5.13. The standard InChI is InChI=1S/C85H97Cl3N12O23/c1-38(2)9-24-62(106)96-68-70(107)44-17-22-56(51(87)28-44)119-58-30-46-31-59(74(58)123-83-75(73(110)72(109)60(37-101)121-83)122-63-35-85(4,76(111)39(3)118-63)94-36-40-10-12-41(13-11-40)42-14-19-47(86)20-15-42)120-57-23-18-45(29-52(57)88)71(108)69-82(117)99-67(78(113)92-25-7-5-6-8-26-93-84(90)91)50-32-48(102)33-55(104)64(50)49-27-43(16-21-54(49)103)65(79(114)100-69)98-80(115)66(46)97-77(112)53(34-61(89)105)95-81(68)116/h10-23,27-33,38-39,53,60,63,65-73,75-76,83,94,101-104,107-111H,5-9,24-26,34-37H2,1-4H3,(H2,89,105)(H,92,113)(H,95,116)(H,96,106)(H,97,112)(H,98,115)(H,99,117)(H,100,114)(H4,90,91,93)/t39-,53-,60?,63-,65+,66+,67-,68+,69-,70+,71+,72?,73?,75+,76?,83+,85?/m0/s1. The van der Waals surface area contributed by atoms with Crippen LogP contribution in [0.15, 0.2) is 127 Å². The summed E-state index contributed by atoms with van der Waals surface area (Å²) in [5.41, 5.74) is 10.3. The molecule has 17 atom stereocenters. The van der Waals surface area contributed by atoms with E-state index in [4.69, 9.17) is 80.1 Å². The second kappa shape index (κ2) is 39.6. The van der Waals surface area contributed by atoms with E-state index in [9.17, 15) is 65.1 Å². The Morgan fingerprint density at radius 1 is 0.642 bits per heavy atom. The van der Waals surface area contributed by atoms with Gasteiger partial charge in [-0.05, 0) is 150 Å². The van der Waals surface area contributed by atoms with E-state index in [1.165, 1.54) is 24.3 Å². The number of hydrogen-bond donors (Lipinski definition) is 21. The molecule has 7 aliphatic rings. The highest BCUT2D eigenvalue weighted by molar-refractivity contribution is 6.32. The number of aromatic hydroxyl groups is 3. The third-order valence-corrected chi connectivity index (χ3v) is 22.7. The largest absolute Gasteiger partial charge is 0.508 e. The van der Waals surface area contributed by atoms with E-state index in [0.29, 0.717) is 43.7 Å². The molecule has 7 aliphatic heterocycles. The first kappa shape index (κ1) is 91.1. The lowest BCUT2D eigenvalue weighted by atomic mass is 9.84. The minimum Gasteiger partial charge on any atom is -0.508 e. The molecule has 0 aliphatic carbocycles. The number of amides is 8. The van der Waals surface area contributed by atoms with Gasteiger partial charge in [0.05, 0.1) is 35.3 Å². The third kappa shape index (κ3) is 21.5. The van der Waals surface area contributed by atoms with E-state index >= 15 is 19.2 Å². The molecule has 0 saturated carbocycles. The van der Waals surface area contributed by atoms with Crippen LogP contribution in [0.1, 0.15) is 143 Å². The first-order chi connectivity index (χ1) is 58.5. The van der Waals surface area contributed by atoms with Gasteiger partial charge in [-0.2, -0.15) is 0 Å². The van der Waals surface area contributed by atoms with Crippen LogP contribution >= 0.6 is 34.8 Å². The summed E-state index contributed by atoms with van der Waals surface area (Å²) in [5.74, 6) is -14.7. The SMILES string of the molecule is CC(C)CCC(=O)N[C@H]1C(=O)N[C@@H](CC(N)=O)C(=O)N[C@H]2C(=O)N[C@H]3C(=O)N[C@H](C(=O)N[C@H](C(=O)NCCCCCCNC(=N)N)c4cc(O)cc(O)c4-c4cc3ccc4O)[C@H](O)c3ccc(c(Cl)c3)Oc3cc2cc(c3O[C@H]2OC(CO)C(O)C(O)[C@H]2O[C@H]2CC(C)(NCc3ccc(-c4ccc(Cl)cc4)cc3)C(O)[C@H](C)O2)Oc2ccc(cc2Cl)[C@H]1O. The molecule has 2 saturated heterocycles. The lowest BCUT2D eigenvalue weighted by molar-refractivity contribution is -0.334. The lowest BCUT2D eigenvalue weighted by Gasteiger charge is -2.48. The van der Waals surface area contributed by atoms with Crippen molar-refractivity contribution in [3.05, 3.63) is 176 Å². The molecule has 656 valence electrons. The number of fused-ring (bicyclic) bond motifs is 15. The number of guanidine groups is 1. The molecule has 7 heterocycles. The summed E-state index contributed by atoms with van der Waals surface area (Å²) in [4.78, 5) is 120. The van der Waals surface area contributed by atoms with Crippen molar-refractivity contribution in [2.75, 3.05) is 19.7 Å². The fourth-order valence-corrected chi connectivity index (χ4v) is 15.7. The molecule has 14 rings (SSSR count). The van der Waals surface area contributed by atoms with Gasteiger partial charge in [-0.1, -0.05) is 116 Å². The highest BCUT2D eigenvalue weighted by Crippen LogP contribution is 2.50. The van der Waals surface area contributed by atoms with Gasteiger partial charge in [0.2, 0.25) is 59.3 Å². The lowest BCUT2D eigenvalue weighted by Crippen LogP contribution is -2.65. The smallest absolute Gasteiger partial charge is 0.248 e. The normalized spacial score (nSPS) is 25.9. The number of carbonyl (C=O) groups excluding carboxylic acids is 8. The molecule has 8 amide bonds. The summed E-state index contributed by atoms with van der Waals surface area (Å²) >= 11 is 20.6. The molecule has 35 nitrogen and oxygen atoms in total. The van der Waals surface area contributed by atoms with Crippen molar-refractivity contribution in [1.29, 1.82) is 5.41 Å². The number of rotatable bonds is 23. The number of benzene rings is 7. The molecule has 0 spiro atoms. The maximum absolute atomic E-state index is 16.4. The van der Waals surface area contributed by atoms with Gasteiger partial charge in [0, 0.05) is 60.2 Å². The van der Waals surface area contributed by atoms with Gasteiger partial charge in [-0.25, -0.2) is 0 Å². The maximum atomic E-state index is 16.4. The molecule has 23 N–H and O–H groups in total. The van der Waals surface area contributed by atoms with Gasteiger partial charge in [-0.15, -0.1) is 0 Å². The summed E-state index contributed by atoms with van der Waals surface area (Å²) in [5, 5.41) is 138. The van der Waals surface area contributed by atoms with Crippen LogP contribution in [0.25, 0.3) is 22.3 Å². The van der Waals surface area contributed by atoms with Gasteiger partial charge in [0.25, 0.3) is 0 Å². The zero-order valence-corrected chi connectivity index (χ0v) is 69.2. The first-order valence-corrected chi connectivity index (χ1v) is 40.9. The molecule has 0 aromatic heterocycles. The fraction of sp³-hybridized carbons (Fsp3) is 0.400. The number of hydrogen-bond acceptors (Lipinski definition) is 25. The highest BCUT2D eigenvalue weighted by atomic mass is 35.5. The van der Waals surface area contributed by atoms with Crippen LogP contribution in [0.2, 0.25) is 15.1 Å². The zero-order chi connectivity index (χ0) is 88.6. The van der Waals surface area contributed by atoms with Crippen LogP contribution in [0.4, 0.5) is 0 Å². The third-order valence-electron chi connectivity index (χ3n) is 21.9. The Kier molecular flexibility index (Phi) is 29.3. The van der Waals surface area contributed by atoms with Crippen molar-refractivity contribution in [2.24, 2.45) is 17.4 Å². The van der Waals surface area contributed by atoms with Crippen LogP contribution in [-0.4, -0.2) is 192 Å². The van der Waals surface area contributed by atoms with Crippen LogP contribution in [-0.2, 0) is 59.1 Å². The summed E-state index contributed by atoms with van der Waals surface area (Å²) in [6, 6.07) is 16.4. The maximum Gasteiger partial charge on any atom is 0.248 e. The van der Waals surface area contributed by atoms with Gasteiger partial charge in [-0.3, -0.25) is 43.8 Å². The van der Waals surface area contributed by atoms with Crippen molar-refractivity contribution in [1.82, 2.24) is 47.9 Å². The average Bonchev–Trinajstić information content (AvgIpc) is 0.764. The summed E-state index contributed by atoms with van der Waals surface area (Å²) < 4.78 is 39.7. The molecule has 7 aromatic rings. The van der Waals surface area contributed by atoms with Gasteiger partial charge < -0.3 is 134 Å². The molecule has 7 aromatic carbocycles. The number of ether oxygens (including phenoxy) is 6. The summed E-state index contributed by atoms with van der Waals surface area (Å²) in [7, 11) is 0. The Labute approximate surface area is 720 Å². The van der Waals surface area contributed by atoms with Crippen molar-refractivity contribution < 1.29 is 113 Å². The topological polar surface area (TPSA) is 558 Å². The van der Waals surface area contributed by atoms with Gasteiger partial charge in [0.1, 0.15) is 95.5 Å². The number of primary amides is 1. The molecule has 0 radical (unpaired) electrons. The Morgan fingerprint density at radius 2 is 1.24 bits per heavy atom. The Morgan fingerprint density at radius 3 is 1.86 bits per heavy atom. The Hall–Kier alpha value is -11.2. The number of carbonyl (C=O) groups is 8. The number of phenolic OH excluding ortho intramolecular Hbond substituents is 3. The van der Waals surface area contributed by atoms with Crippen LogP contribution in [0.5, 0.6) is 46.0 Å². The van der Waals surface area contributed by atoms with E-state index in [0.717, 1.165) is 71.3 Å². The number of nitrogens with two attached hydrogens (primary N) is 2. The highest BCUT2D eigenvalue weighted by Gasteiger charge is 2.52. The number of phenols is 3. The minimum absolute atomic E-state index is 0.0203. The van der Waals surface area contributed by atoms with E-state index in [2.05, 4.69) is 47.9 Å². The number of aliphatic hydroxyl groups excluding tert-OH is 6. The van der Waals surface area contributed by atoms with E-state index in [1.807, 2.05) is 50.2 Å². The second-order valence-corrected chi connectivity index (χ2v) is 32.7. The monoisotopic (exact) mass is 1760 g/mol. The molecular weight excluding hydrogens is 1660 g/mol. The Bertz CT molecular complexity index is 5120. The van der Waals surface area contributed by atoms with E-state index < -0.39 is 214 Å². The summed E-state index contributed by atoms with van der Waals surface area (Å²) in [6.07, 6.45) is -16.5. The number of unbranched alkanes of at least 4 members (excludes halogenated alkanes) is 3. The van der Waals surface area contributed by atoms with Crippen LogP contribution in [0, 0.1) is 11.3 Å². The quantitative estimate of drug-likeness (QED) is 0.0224.